The second-order valence-corrected chi connectivity index (χ2v) is 6.24. The maximum absolute atomic E-state index is 12.5. The monoisotopic (exact) mass is 362 g/mol. The SMILES string of the molecule is CC(C)(Oc1ccc(Cl)cc1)C(=O)Nc1ccc(OCC(N)=O)cc1. The van der Waals surface area contributed by atoms with E-state index in [0.717, 1.165) is 0 Å². The van der Waals surface area contributed by atoms with Crippen molar-refractivity contribution in [2.45, 2.75) is 19.4 Å². The number of carbonyl (C=O) groups is 2. The molecular formula is C18H19ClN2O4. The highest BCUT2D eigenvalue weighted by Gasteiger charge is 2.30. The number of ether oxygens (including phenoxy) is 2. The van der Waals surface area contributed by atoms with E-state index < -0.39 is 11.5 Å². The molecule has 6 nitrogen and oxygen atoms in total. The number of rotatable bonds is 7. The van der Waals surface area contributed by atoms with Gasteiger partial charge in [-0.05, 0) is 62.4 Å². The lowest BCUT2D eigenvalue weighted by Crippen LogP contribution is -2.42. The van der Waals surface area contributed by atoms with Crippen LogP contribution in [0.5, 0.6) is 11.5 Å². The van der Waals surface area contributed by atoms with Gasteiger partial charge in [0.1, 0.15) is 11.5 Å². The van der Waals surface area contributed by atoms with Crippen LogP contribution in [0, 0.1) is 0 Å². The number of nitrogens with one attached hydrogen (secondary N) is 1. The van der Waals surface area contributed by atoms with Crippen LogP contribution in [0.15, 0.2) is 48.5 Å². The van der Waals surface area contributed by atoms with E-state index in [0.29, 0.717) is 22.2 Å². The molecule has 0 aliphatic carbocycles. The average Bonchev–Trinajstić information content (AvgIpc) is 2.56. The van der Waals surface area contributed by atoms with Crippen molar-refractivity contribution < 1.29 is 19.1 Å². The Hall–Kier alpha value is -2.73. The van der Waals surface area contributed by atoms with Crippen LogP contribution < -0.4 is 20.5 Å². The first-order valence-corrected chi connectivity index (χ1v) is 7.91. The summed E-state index contributed by atoms with van der Waals surface area (Å²) in [6, 6.07) is 13.4. The van der Waals surface area contributed by atoms with E-state index in [-0.39, 0.29) is 12.5 Å². The zero-order valence-electron chi connectivity index (χ0n) is 13.9. The van der Waals surface area contributed by atoms with Gasteiger partial charge in [0.05, 0.1) is 0 Å². The number of amides is 2. The predicted octanol–water partition coefficient (Wildman–Crippen LogP) is 3.00. The Kier molecular flexibility index (Phi) is 5.88. The van der Waals surface area contributed by atoms with Gasteiger partial charge in [0, 0.05) is 10.7 Å². The summed E-state index contributed by atoms with van der Waals surface area (Å²) in [5.74, 6) is 0.153. The Bertz CT molecular complexity index is 743. The molecule has 2 aromatic rings. The van der Waals surface area contributed by atoms with Gasteiger partial charge in [-0.15, -0.1) is 0 Å². The van der Waals surface area contributed by atoms with Crippen LogP contribution >= 0.6 is 11.6 Å². The van der Waals surface area contributed by atoms with Gasteiger partial charge >= 0.3 is 0 Å². The Morgan fingerprint density at radius 3 is 2.16 bits per heavy atom. The van der Waals surface area contributed by atoms with Crippen LogP contribution in [0.2, 0.25) is 5.02 Å². The van der Waals surface area contributed by atoms with Crippen LogP contribution in [0.25, 0.3) is 0 Å². The lowest BCUT2D eigenvalue weighted by atomic mass is 10.1. The number of halogens is 1. The highest BCUT2D eigenvalue weighted by atomic mass is 35.5. The number of carbonyl (C=O) groups excluding carboxylic acids is 2. The molecule has 0 aliphatic rings. The standard InChI is InChI=1S/C18H19ClN2O4/c1-18(2,25-15-7-3-12(19)4-8-15)17(23)21-13-5-9-14(10-6-13)24-11-16(20)22/h3-10H,11H2,1-2H3,(H2,20,22)(H,21,23). The Morgan fingerprint density at radius 1 is 1.04 bits per heavy atom. The highest BCUT2D eigenvalue weighted by molar-refractivity contribution is 6.30. The fourth-order valence-electron chi connectivity index (χ4n) is 1.91. The number of hydrogen-bond donors (Lipinski definition) is 2. The molecule has 25 heavy (non-hydrogen) atoms. The van der Waals surface area contributed by atoms with Crippen LogP contribution in [0.3, 0.4) is 0 Å². The molecule has 3 N–H and O–H groups in total. The van der Waals surface area contributed by atoms with Crippen molar-refractivity contribution in [1.29, 1.82) is 0 Å². The third kappa shape index (κ3) is 5.69. The smallest absolute Gasteiger partial charge is 0.267 e. The summed E-state index contributed by atoms with van der Waals surface area (Å²) < 4.78 is 10.9. The van der Waals surface area contributed by atoms with Crippen molar-refractivity contribution >= 4 is 29.1 Å². The van der Waals surface area contributed by atoms with E-state index in [9.17, 15) is 9.59 Å². The number of hydrogen-bond acceptors (Lipinski definition) is 4. The van der Waals surface area contributed by atoms with Gasteiger partial charge in [0.15, 0.2) is 12.2 Å². The summed E-state index contributed by atoms with van der Waals surface area (Å²) in [6.45, 7) is 3.14. The van der Waals surface area contributed by atoms with E-state index in [1.165, 1.54) is 0 Å². The lowest BCUT2D eigenvalue weighted by molar-refractivity contribution is -0.128. The first-order chi connectivity index (χ1) is 11.8. The zero-order valence-corrected chi connectivity index (χ0v) is 14.7. The number of anilines is 1. The molecule has 132 valence electrons. The topological polar surface area (TPSA) is 90.7 Å². The van der Waals surface area contributed by atoms with Gasteiger partial charge < -0.3 is 20.5 Å². The molecule has 0 atom stereocenters. The molecular weight excluding hydrogens is 344 g/mol. The molecule has 0 aliphatic heterocycles. The van der Waals surface area contributed by atoms with E-state index >= 15 is 0 Å². The maximum atomic E-state index is 12.5. The van der Waals surface area contributed by atoms with Crippen molar-refractivity contribution in [3.63, 3.8) is 0 Å². The van der Waals surface area contributed by atoms with Crippen molar-refractivity contribution in [2.75, 3.05) is 11.9 Å². The van der Waals surface area contributed by atoms with Crippen molar-refractivity contribution in [3.8, 4) is 11.5 Å². The molecule has 2 amide bonds. The van der Waals surface area contributed by atoms with Gasteiger partial charge in [0.2, 0.25) is 0 Å². The third-order valence-corrected chi connectivity index (χ3v) is 3.48. The van der Waals surface area contributed by atoms with E-state index in [1.54, 1.807) is 62.4 Å². The normalized spacial score (nSPS) is 10.8. The van der Waals surface area contributed by atoms with Crippen LogP contribution in [-0.2, 0) is 9.59 Å². The fraction of sp³-hybridized carbons (Fsp3) is 0.222. The number of primary amides is 1. The molecule has 0 saturated heterocycles. The number of nitrogens with two attached hydrogens (primary N) is 1. The molecule has 0 aromatic heterocycles. The summed E-state index contributed by atoms with van der Waals surface area (Å²) in [6.07, 6.45) is 0. The summed E-state index contributed by atoms with van der Waals surface area (Å²) in [5, 5.41) is 3.36. The van der Waals surface area contributed by atoms with Gasteiger partial charge in [-0.2, -0.15) is 0 Å². The Balaban J connectivity index is 1.97. The third-order valence-electron chi connectivity index (χ3n) is 3.23. The van der Waals surface area contributed by atoms with Crippen molar-refractivity contribution in [3.05, 3.63) is 53.6 Å². The summed E-state index contributed by atoms with van der Waals surface area (Å²) >= 11 is 5.83. The summed E-state index contributed by atoms with van der Waals surface area (Å²) in [4.78, 5) is 23.1. The number of benzene rings is 2. The first kappa shape index (κ1) is 18.6. The van der Waals surface area contributed by atoms with E-state index in [2.05, 4.69) is 5.32 Å². The summed E-state index contributed by atoms with van der Waals surface area (Å²) in [5.41, 5.74) is 4.50. The molecule has 0 radical (unpaired) electrons. The van der Waals surface area contributed by atoms with Gasteiger partial charge in [-0.1, -0.05) is 11.6 Å². The maximum Gasteiger partial charge on any atom is 0.267 e. The fourth-order valence-corrected chi connectivity index (χ4v) is 2.04. The highest BCUT2D eigenvalue weighted by Crippen LogP contribution is 2.23. The van der Waals surface area contributed by atoms with Crippen LogP contribution in [0.1, 0.15) is 13.8 Å². The molecule has 2 rings (SSSR count). The molecule has 7 heteroatoms. The molecule has 0 spiro atoms. The first-order valence-electron chi connectivity index (χ1n) is 7.53. The van der Waals surface area contributed by atoms with Crippen LogP contribution in [0.4, 0.5) is 5.69 Å². The molecule has 2 aromatic carbocycles. The second kappa shape index (κ2) is 7.90. The van der Waals surface area contributed by atoms with Crippen LogP contribution in [-0.4, -0.2) is 24.0 Å². The van der Waals surface area contributed by atoms with Crippen molar-refractivity contribution in [2.24, 2.45) is 5.73 Å². The second-order valence-electron chi connectivity index (χ2n) is 5.80. The lowest BCUT2D eigenvalue weighted by Gasteiger charge is -2.25. The zero-order chi connectivity index (χ0) is 18.4. The predicted molar refractivity (Wildman–Crippen MR) is 95.9 cm³/mol. The summed E-state index contributed by atoms with van der Waals surface area (Å²) in [7, 11) is 0. The molecule has 0 unspecified atom stereocenters. The van der Waals surface area contributed by atoms with Gasteiger partial charge in [-0.3, -0.25) is 9.59 Å². The minimum Gasteiger partial charge on any atom is -0.484 e. The van der Waals surface area contributed by atoms with E-state index in [4.69, 9.17) is 26.8 Å². The quantitative estimate of drug-likeness (QED) is 0.792. The molecule has 0 bridgehead atoms. The largest absolute Gasteiger partial charge is 0.484 e. The Morgan fingerprint density at radius 2 is 1.60 bits per heavy atom. The van der Waals surface area contributed by atoms with Gasteiger partial charge in [-0.25, -0.2) is 0 Å². The average molecular weight is 363 g/mol. The molecule has 0 heterocycles. The van der Waals surface area contributed by atoms with Crippen molar-refractivity contribution in [1.82, 2.24) is 0 Å². The van der Waals surface area contributed by atoms with Gasteiger partial charge in [0.25, 0.3) is 11.8 Å². The minimum absolute atomic E-state index is 0.201. The Labute approximate surface area is 150 Å². The molecule has 0 fully saturated rings. The minimum atomic E-state index is -1.09. The molecule has 0 saturated carbocycles. The van der Waals surface area contributed by atoms with E-state index in [1.807, 2.05) is 0 Å².